The molecule has 0 saturated carbocycles. The minimum absolute atomic E-state index is 0. The van der Waals surface area contributed by atoms with Gasteiger partial charge in [-0.15, -0.1) is 0 Å². The Bertz CT molecular complexity index is 126. The molecule has 0 rings (SSSR count). The molecule has 0 radical (unpaired) electrons. The summed E-state index contributed by atoms with van der Waals surface area (Å²) in [6, 6.07) is 0. The third kappa shape index (κ3) is 15.6. The number of unbranched alkanes of at least 4 members (excludes halogenated alkanes) is 6. The summed E-state index contributed by atoms with van der Waals surface area (Å²) in [5, 5.41) is 0. The molecule has 0 unspecified atom stereocenters. The van der Waals surface area contributed by atoms with Gasteiger partial charge in [0.05, 0.1) is 6.61 Å². The molecular weight excluding hydrogens is 203 g/mol. The van der Waals surface area contributed by atoms with Gasteiger partial charge in [0.25, 0.3) is 0 Å². The van der Waals surface area contributed by atoms with Crippen molar-refractivity contribution < 1.29 is 9.53 Å². The van der Waals surface area contributed by atoms with Crippen molar-refractivity contribution in [2.24, 2.45) is 0 Å². The molecule has 80 valence electrons. The Balaban J connectivity index is 0. The van der Waals surface area contributed by atoms with Crippen LogP contribution in [0.25, 0.3) is 0 Å². The van der Waals surface area contributed by atoms with E-state index >= 15 is 0 Å². The normalized spacial score (nSPS) is 9.29. The Hall–Kier alpha value is 1.11. The molecule has 0 bridgehead atoms. The van der Waals surface area contributed by atoms with Crippen molar-refractivity contribution in [2.45, 2.75) is 58.8 Å². The second-order valence-corrected chi connectivity index (χ2v) is 3.46. The number of carbonyl (C=O) groups is 1. The number of ether oxygens (including phenoxy) is 1. The number of hydrogen-bond donors (Lipinski definition) is 0. The Labute approximate surface area is 131 Å². The van der Waals surface area contributed by atoms with E-state index in [9.17, 15) is 4.79 Å². The summed E-state index contributed by atoms with van der Waals surface area (Å²) in [5.41, 5.74) is 0. The Kier molecular flexibility index (Phi) is 17.6. The molecule has 0 aromatic heterocycles. The molecular formula is C11H23KO2. The first kappa shape index (κ1) is 17.5. The van der Waals surface area contributed by atoms with Gasteiger partial charge >= 0.3 is 57.4 Å². The van der Waals surface area contributed by atoms with Gasteiger partial charge in [-0.3, -0.25) is 4.79 Å². The van der Waals surface area contributed by atoms with E-state index in [1.165, 1.54) is 45.4 Å². The van der Waals surface area contributed by atoms with Crippen LogP contribution in [0.3, 0.4) is 0 Å². The topological polar surface area (TPSA) is 26.3 Å². The zero-order valence-electron chi connectivity index (χ0n) is 8.97. The molecule has 2 nitrogen and oxygen atoms in total. The summed E-state index contributed by atoms with van der Waals surface area (Å²) in [6.45, 7) is 4.28. The monoisotopic (exact) mass is 226 g/mol. The van der Waals surface area contributed by atoms with Gasteiger partial charge < -0.3 is 4.74 Å². The molecule has 0 aliphatic rings. The Morgan fingerprint density at radius 3 is 2.00 bits per heavy atom. The van der Waals surface area contributed by atoms with E-state index in [0.29, 0.717) is 6.61 Å². The first-order valence-corrected chi connectivity index (χ1v) is 5.40. The van der Waals surface area contributed by atoms with E-state index in [4.69, 9.17) is 4.74 Å². The Morgan fingerprint density at radius 2 is 1.50 bits per heavy atom. The van der Waals surface area contributed by atoms with E-state index in [1.807, 2.05) is 0 Å². The van der Waals surface area contributed by atoms with E-state index in [1.54, 1.807) is 0 Å². The molecule has 0 saturated heterocycles. The summed E-state index contributed by atoms with van der Waals surface area (Å²) in [4.78, 5) is 10.4. The van der Waals surface area contributed by atoms with Gasteiger partial charge in [-0.05, 0) is 6.42 Å². The van der Waals surface area contributed by atoms with Crippen LogP contribution in [-0.2, 0) is 9.53 Å². The van der Waals surface area contributed by atoms with Crippen LogP contribution in [0.2, 0.25) is 0 Å². The van der Waals surface area contributed by atoms with Crippen molar-refractivity contribution in [2.75, 3.05) is 6.61 Å². The molecule has 0 heterocycles. The molecule has 0 amide bonds. The van der Waals surface area contributed by atoms with E-state index < -0.39 is 0 Å². The third-order valence-electron chi connectivity index (χ3n) is 2.05. The van der Waals surface area contributed by atoms with Crippen LogP contribution < -0.4 is 0 Å². The van der Waals surface area contributed by atoms with Crippen LogP contribution >= 0.6 is 0 Å². The predicted octanol–water partition coefficient (Wildman–Crippen LogP) is 2.65. The third-order valence-corrected chi connectivity index (χ3v) is 2.05. The van der Waals surface area contributed by atoms with Crippen molar-refractivity contribution in [3.63, 3.8) is 0 Å². The first-order valence-electron chi connectivity index (χ1n) is 5.40. The van der Waals surface area contributed by atoms with Crippen molar-refractivity contribution in [3.05, 3.63) is 0 Å². The summed E-state index contributed by atoms with van der Waals surface area (Å²) >= 11 is 0. The second-order valence-electron chi connectivity index (χ2n) is 3.46. The van der Waals surface area contributed by atoms with Gasteiger partial charge in [-0.2, -0.15) is 0 Å². The summed E-state index contributed by atoms with van der Waals surface area (Å²) in [6.07, 6.45) is 8.82. The first-order chi connectivity index (χ1) is 6.27. The number of hydrogen-bond acceptors (Lipinski definition) is 2. The quantitative estimate of drug-likeness (QED) is 0.361. The molecule has 3 heteroatoms. The predicted molar refractivity (Wildman–Crippen MR) is 61.8 cm³/mol. The molecule has 0 aromatic carbocycles. The second kappa shape index (κ2) is 14.1. The van der Waals surface area contributed by atoms with Crippen LogP contribution in [0.5, 0.6) is 0 Å². The fraction of sp³-hybridized carbons (Fsp3) is 0.909. The van der Waals surface area contributed by atoms with E-state index in [-0.39, 0.29) is 57.4 Å². The fourth-order valence-corrected chi connectivity index (χ4v) is 1.28. The molecule has 0 aliphatic heterocycles. The van der Waals surface area contributed by atoms with Crippen molar-refractivity contribution >= 4 is 57.4 Å². The van der Waals surface area contributed by atoms with Gasteiger partial charge in [0.1, 0.15) is 0 Å². The van der Waals surface area contributed by atoms with Gasteiger partial charge in [0.2, 0.25) is 0 Å². The molecule has 0 aromatic rings. The average Bonchev–Trinajstić information content (AvgIpc) is 2.09. The maximum atomic E-state index is 10.4. The van der Waals surface area contributed by atoms with Gasteiger partial charge in [-0.1, -0.05) is 45.4 Å². The number of esters is 1. The minimum atomic E-state index is -0.161. The molecule has 0 fully saturated rings. The van der Waals surface area contributed by atoms with Crippen LogP contribution in [0, 0.1) is 0 Å². The molecule has 0 atom stereocenters. The zero-order valence-corrected chi connectivity index (χ0v) is 8.97. The van der Waals surface area contributed by atoms with Crippen LogP contribution in [0.4, 0.5) is 0 Å². The number of carbonyl (C=O) groups excluding carboxylic acids is 1. The summed E-state index contributed by atoms with van der Waals surface area (Å²) < 4.78 is 4.83. The van der Waals surface area contributed by atoms with Gasteiger partial charge in [-0.25, -0.2) is 0 Å². The van der Waals surface area contributed by atoms with E-state index in [0.717, 1.165) is 6.42 Å². The zero-order chi connectivity index (χ0) is 9.94. The molecule has 14 heavy (non-hydrogen) atoms. The molecule has 0 aliphatic carbocycles. The van der Waals surface area contributed by atoms with Gasteiger partial charge in [0, 0.05) is 6.92 Å². The van der Waals surface area contributed by atoms with Crippen molar-refractivity contribution in [1.82, 2.24) is 0 Å². The van der Waals surface area contributed by atoms with Crippen LogP contribution in [0.1, 0.15) is 58.8 Å². The van der Waals surface area contributed by atoms with Crippen LogP contribution in [0.15, 0.2) is 0 Å². The number of rotatable bonds is 8. The summed E-state index contributed by atoms with van der Waals surface area (Å²) in [7, 11) is 0. The average molecular weight is 226 g/mol. The SMILES string of the molecule is CCCCCCCCCOC(C)=O.[KH]. The fourth-order valence-electron chi connectivity index (χ4n) is 1.28. The van der Waals surface area contributed by atoms with Crippen molar-refractivity contribution in [3.8, 4) is 0 Å². The van der Waals surface area contributed by atoms with Crippen molar-refractivity contribution in [1.29, 1.82) is 0 Å². The summed E-state index contributed by atoms with van der Waals surface area (Å²) in [5.74, 6) is -0.161. The van der Waals surface area contributed by atoms with Crippen LogP contribution in [-0.4, -0.2) is 64.0 Å². The maximum absolute atomic E-state index is 10.4. The Morgan fingerprint density at radius 1 is 1.00 bits per heavy atom. The standard InChI is InChI=1S/C11H22O2.K.H/c1-3-4-5-6-7-8-9-10-13-11(2)12;;/h3-10H2,1-2H3;;. The van der Waals surface area contributed by atoms with E-state index in [2.05, 4.69) is 6.92 Å². The molecule has 0 spiro atoms. The molecule has 0 N–H and O–H groups in total. The van der Waals surface area contributed by atoms with Gasteiger partial charge in [0.15, 0.2) is 0 Å².